The van der Waals surface area contributed by atoms with E-state index in [0.29, 0.717) is 13.2 Å². The van der Waals surface area contributed by atoms with Gasteiger partial charge < -0.3 is 4.84 Å². The maximum atomic E-state index is 13.0. The number of H-pyrrole nitrogens is 1. The van der Waals surface area contributed by atoms with Crippen LogP contribution in [0.5, 0.6) is 0 Å². The largest absolute Gasteiger partial charge is 0.302 e. The van der Waals surface area contributed by atoms with E-state index in [0.717, 1.165) is 27.7 Å². The third-order valence-electron chi connectivity index (χ3n) is 3.27. The molecule has 0 unspecified atom stereocenters. The molecule has 0 spiro atoms. The van der Waals surface area contributed by atoms with Crippen LogP contribution >= 0.6 is 0 Å². The lowest BCUT2D eigenvalue weighted by atomic mass is 10.1. The van der Waals surface area contributed by atoms with Crippen LogP contribution in [-0.2, 0) is 11.4 Å². The second-order valence-corrected chi connectivity index (χ2v) is 4.71. The number of hydrogen-bond acceptors (Lipinski definition) is 3. The molecule has 0 fully saturated rings. The topological polar surface area (TPSA) is 49.9 Å². The number of benzene rings is 2. The number of hydroxylamine groups is 1. The molecule has 0 radical (unpaired) electrons. The van der Waals surface area contributed by atoms with Crippen LogP contribution in [0.15, 0.2) is 42.5 Å². The molecule has 108 valence electrons. The first-order valence-electron chi connectivity index (χ1n) is 6.85. The number of hydrogen-bond donors (Lipinski definition) is 2. The van der Waals surface area contributed by atoms with Gasteiger partial charge in [-0.2, -0.15) is 10.6 Å². The molecule has 3 aromatic rings. The summed E-state index contributed by atoms with van der Waals surface area (Å²) in [6, 6.07) is 12.4. The number of halogens is 1. The lowest BCUT2D eigenvalue weighted by Crippen LogP contribution is -2.13. The standard InChI is InChI=1S/C16H16FN3O/c1-2-21-18-10-11-3-8-15-14(9-11)16(20-19-15)12-4-6-13(17)7-5-12/h3-9,18H,2,10H2,1H3,(H,19,20). The number of nitrogens with zero attached hydrogens (tertiary/aromatic N) is 1. The van der Waals surface area contributed by atoms with Crippen LogP contribution in [0.4, 0.5) is 4.39 Å². The number of nitrogens with one attached hydrogen (secondary N) is 2. The average Bonchev–Trinajstić information content (AvgIpc) is 2.92. The van der Waals surface area contributed by atoms with Crippen molar-refractivity contribution < 1.29 is 9.23 Å². The summed E-state index contributed by atoms with van der Waals surface area (Å²) in [6.07, 6.45) is 0. The molecule has 2 aromatic carbocycles. The SMILES string of the molecule is CCONCc1ccc2[nH]nc(-c3ccc(F)cc3)c2c1. The number of fused-ring (bicyclic) bond motifs is 1. The minimum absolute atomic E-state index is 0.250. The molecule has 5 heteroatoms. The number of aromatic amines is 1. The van der Waals surface area contributed by atoms with Crippen LogP contribution in [-0.4, -0.2) is 16.8 Å². The molecule has 3 rings (SSSR count). The Morgan fingerprint density at radius 1 is 1.19 bits per heavy atom. The third-order valence-corrected chi connectivity index (χ3v) is 3.27. The Hall–Kier alpha value is -2.24. The van der Waals surface area contributed by atoms with E-state index in [9.17, 15) is 4.39 Å². The van der Waals surface area contributed by atoms with Gasteiger partial charge in [-0.15, -0.1) is 0 Å². The maximum Gasteiger partial charge on any atom is 0.123 e. The third kappa shape index (κ3) is 2.94. The number of rotatable bonds is 5. The zero-order valence-electron chi connectivity index (χ0n) is 11.7. The van der Waals surface area contributed by atoms with Gasteiger partial charge in [0.1, 0.15) is 5.82 Å². The Kier molecular flexibility index (Phi) is 3.94. The summed E-state index contributed by atoms with van der Waals surface area (Å²) in [4.78, 5) is 5.14. The highest BCUT2D eigenvalue weighted by Gasteiger charge is 2.09. The van der Waals surface area contributed by atoms with Crippen molar-refractivity contribution in [2.24, 2.45) is 0 Å². The lowest BCUT2D eigenvalue weighted by Gasteiger charge is -2.04. The minimum atomic E-state index is -0.250. The van der Waals surface area contributed by atoms with Crippen molar-refractivity contribution in [2.45, 2.75) is 13.5 Å². The fourth-order valence-electron chi connectivity index (χ4n) is 2.24. The van der Waals surface area contributed by atoms with Crippen LogP contribution < -0.4 is 5.48 Å². The molecule has 21 heavy (non-hydrogen) atoms. The van der Waals surface area contributed by atoms with Crippen LogP contribution in [0.2, 0.25) is 0 Å². The Labute approximate surface area is 121 Å². The highest BCUT2D eigenvalue weighted by atomic mass is 19.1. The molecule has 1 aromatic heterocycles. The van der Waals surface area contributed by atoms with E-state index in [1.54, 1.807) is 12.1 Å². The van der Waals surface area contributed by atoms with Gasteiger partial charge in [0.15, 0.2) is 0 Å². The van der Waals surface area contributed by atoms with Crippen molar-refractivity contribution in [2.75, 3.05) is 6.61 Å². The van der Waals surface area contributed by atoms with E-state index in [4.69, 9.17) is 4.84 Å². The average molecular weight is 285 g/mol. The zero-order valence-corrected chi connectivity index (χ0v) is 11.7. The lowest BCUT2D eigenvalue weighted by molar-refractivity contribution is 0.0463. The Balaban J connectivity index is 1.95. The monoisotopic (exact) mass is 285 g/mol. The molecule has 1 heterocycles. The summed E-state index contributed by atoms with van der Waals surface area (Å²) >= 11 is 0. The predicted octanol–water partition coefficient (Wildman–Crippen LogP) is 3.41. The minimum Gasteiger partial charge on any atom is -0.302 e. The molecule has 2 N–H and O–H groups in total. The van der Waals surface area contributed by atoms with E-state index < -0.39 is 0 Å². The first kappa shape index (κ1) is 13.7. The van der Waals surface area contributed by atoms with Crippen LogP contribution in [0, 0.1) is 5.82 Å². The Morgan fingerprint density at radius 3 is 2.76 bits per heavy atom. The summed E-state index contributed by atoms with van der Waals surface area (Å²) in [5.74, 6) is -0.250. The smallest absolute Gasteiger partial charge is 0.123 e. The van der Waals surface area contributed by atoms with Crippen LogP contribution in [0.25, 0.3) is 22.2 Å². The first-order valence-corrected chi connectivity index (χ1v) is 6.85. The molecule has 0 saturated carbocycles. The molecule has 0 aliphatic rings. The van der Waals surface area contributed by atoms with Crippen molar-refractivity contribution in [3.05, 3.63) is 53.8 Å². The van der Waals surface area contributed by atoms with E-state index in [2.05, 4.69) is 21.7 Å². The predicted molar refractivity (Wildman–Crippen MR) is 80.0 cm³/mol. The molecule has 0 bridgehead atoms. The van der Waals surface area contributed by atoms with E-state index in [1.807, 2.05) is 19.1 Å². The van der Waals surface area contributed by atoms with Crippen LogP contribution in [0.1, 0.15) is 12.5 Å². The van der Waals surface area contributed by atoms with Gasteiger partial charge in [-0.05, 0) is 48.9 Å². The van der Waals surface area contributed by atoms with Gasteiger partial charge >= 0.3 is 0 Å². The van der Waals surface area contributed by atoms with Gasteiger partial charge in [-0.25, -0.2) is 4.39 Å². The summed E-state index contributed by atoms with van der Waals surface area (Å²) in [5.41, 5.74) is 6.65. The molecular formula is C16H16FN3O. The Morgan fingerprint density at radius 2 is 2.00 bits per heavy atom. The quantitative estimate of drug-likeness (QED) is 0.558. The van der Waals surface area contributed by atoms with Gasteiger partial charge in [0.05, 0.1) is 17.8 Å². The molecule has 4 nitrogen and oxygen atoms in total. The van der Waals surface area contributed by atoms with Gasteiger partial charge in [-0.1, -0.05) is 6.07 Å². The van der Waals surface area contributed by atoms with E-state index in [-0.39, 0.29) is 5.82 Å². The zero-order chi connectivity index (χ0) is 14.7. The second-order valence-electron chi connectivity index (χ2n) is 4.71. The normalized spacial score (nSPS) is 11.1. The molecule has 0 atom stereocenters. The molecule has 0 aliphatic carbocycles. The highest BCUT2D eigenvalue weighted by Crippen LogP contribution is 2.27. The van der Waals surface area contributed by atoms with Crippen molar-refractivity contribution in [1.82, 2.24) is 15.7 Å². The highest BCUT2D eigenvalue weighted by molar-refractivity contribution is 5.93. The first-order chi connectivity index (χ1) is 10.3. The van der Waals surface area contributed by atoms with Crippen LogP contribution in [0.3, 0.4) is 0 Å². The van der Waals surface area contributed by atoms with Crippen molar-refractivity contribution in [3.8, 4) is 11.3 Å². The molecular weight excluding hydrogens is 269 g/mol. The van der Waals surface area contributed by atoms with Crippen molar-refractivity contribution in [3.63, 3.8) is 0 Å². The fraction of sp³-hybridized carbons (Fsp3) is 0.188. The molecule has 0 saturated heterocycles. The maximum absolute atomic E-state index is 13.0. The van der Waals surface area contributed by atoms with Gasteiger partial charge in [0, 0.05) is 17.5 Å². The summed E-state index contributed by atoms with van der Waals surface area (Å²) in [7, 11) is 0. The molecule has 0 amide bonds. The van der Waals surface area contributed by atoms with Gasteiger partial charge in [0.25, 0.3) is 0 Å². The van der Waals surface area contributed by atoms with Crippen molar-refractivity contribution in [1.29, 1.82) is 0 Å². The van der Waals surface area contributed by atoms with Gasteiger partial charge in [-0.3, -0.25) is 5.10 Å². The number of aromatic nitrogens is 2. The fourth-order valence-corrected chi connectivity index (χ4v) is 2.24. The van der Waals surface area contributed by atoms with E-state index in [1.165, 1.54) is 12.1 Å². The summed E-state index contributed by atoms with van der Waals surface area (Å²) in [5, 5.41) is 8.35. The van der Waals surface area contributed by atoms with Crippen molar-refractivity contribution >= 4 is 10.9 Å². The summed E-state index contributed by atoms with van der Waals surface area (Å²) in [6.45, 7) is 3.17. The second kappa shape index (κ2) is 6.03. The van der Waals surface area contributed by atoms with Gasteiger partial charge in [0.2, 0.25) is 0 Å². The Bertz CT molecular complexity index is 737. The molecule has 0 aliphatic heterocycles. The summed E-state index contributed by atoms with van der Waals surface area (Å²) < 4.78 is 13.0. The van der Waals surface area contributed by atoms with E-state index >= 15 is 0 Å².